The molecule has 4 amide bonds. The zero-order chi connectivity index (χ0) is 30.0. The maximum atomic E-state index is 13.5. The summed E-state index contributed by atoms with van der Waals surface area (Å²) in [5, 5.41) is 18.4. The lowest BCUT2D eigenvalue weighted by Crippen LogP contribution is -2.58. The Morgan fingerprint density at radius 1 is 0.850 bits per heavy atom. The van der Waals surface area contributed by atoms with E-state index in [1.54, 1.807) is 6.20 Å². The first kappa shape index (κ1) is 32.3. The van der Waals surface area contributed by atoms with Crippen LogP contribution in [-0.4, -0.2) is 63.9 Å². The lowest BCUT2D eigenvalue weighted by molar-refractivity contribution is -0.142. The summed E-state index contributed by atoms with van der Waals surface area (Å²) < 4.78 is 0. The maximum absolute atomic E-state index is 13.5. The average Bonchev–Trinajstić information content (AvgIpc) is 3.28. The van der Waals surface area contributed by atoms with Gasteiger partial charge in [0.15, 0.2) is 0 Å². The van der Waals surface area contributed by atoms with E-state index in [9.17, 15) is 29.1 Å². The van der Waals surface area contributed by atoms with Crippen LogP contribution in [0.3, 0.4) is 0 Å². The molecule has 220 valence electrons. The van der Waals surface area contributed by atoms with Crippen molar-refractivity contribution in [1.82, 2.24) is 20.9 Å². The fourth-order valence-electron chi connectivity index (χ4n) is 4.38. The molecule has 0 aliphatic rings. The number of primary amides is 1. The third-order valence-corrected chi connectivity index (χ3v) is 6.43. The SMILES string of the molecule is CC(C)CC(NC(=O)C(Cc1c[nH]c2ccccc12)NC(=O)C(CC(C)C)NC(=O)C(N)CCC(N)=O)C(=O)O. The van der Waals surface area contributed by atoms with E-state index in [1.165, 1.54) is 0 Å². The van der Waals surface area contributed by atoms with E-state index in [1.807, 2.05) is 52.0 Å². The van der Waals surface area contributed by atoms with Crippen LogP contribution in [0.15, 0.2) is 30.5 Å². The molecular formula is C28H42N6O6. The molecule has 1 aromatic heterocycles. The van der Waals surface area contributed by atoms with Crippen LogP contribution in [0.5, 0.6) is 0 Å². The standard InChI is InChI=1S/C28H42N6O6/c1-15(2)11-21(32-25(36)19(29)9-10-24(30)35)26(37)33-22(27(38)34-23(28(39)40)12-16(3)4)13-17-14-31-20-8-6-5-7-18(17)20/h5-8,14-16,19,21-23,31H,9-13,29H2,1-4H3,(H2,30,35)(H,32,36)(H,33,37)(H,34,38)(H,39,40). The van der Waals surface area contributed by atoms with E-state index in [4.69, 9.17) is 11.5 Å². The number of carboxylic acids is 1. The van der Waals surface area contributed by atoms with Gasteiger partial charge in [-0.05, 0) is 42.7 Å². The Balaban J connectivity index is 2.30. The molecule has 0 saturated carbocycles. The number of aromatic amines is 1. The van der Waals surface area contributed by atoms with E-state index in [0.717, 1.165) is 16.5 Å². The number of hydrogen-bond acceptors (Lipinski definition) is 6. The Morgan fingerprint density at radius 2 is 1.40 bits per heavy atom. The highest BCUT2D eigenvalue weighted by Crippen LogP contribution is 2.20. The number of aliphatic carboxylic acids is 1. The number of aromatic nitrogens is 1. The van der Waals surface area contributed by atoms with Crippen LogP contribution in [0.25, 0.3) is 10.9 Å². The lowest BCUT2D eigenvalue weighted by Gasteiger charge is -2.26. The number of fused-ring (bicyclic) bond motifs is 1. The van der Waals surface area contributed by atoms with Gasteiger partial charge in [-0.25, -0.2) is 4.79 Å². The smallest absolute Gasteiger partial charge is 0.326 e. The van der Waals surface area contributed by atoms with E-state index >= 15 is 0 Å². The van der Waals surface area contributed by atoms with Gasteiger partial charge in [-0.2, -0.15) is 0 Å². The van der Waals surface area contributed by atoms with Crippen LogP contribution in [0, 0.1) is 11.8 Å². The molecule has 2 aromatic rings. The highest BCUT2D eigenvalue weighted by Gasteiger charge is 2.31. The zero-order valence-corrected chi connectivity index (χ0v) is 23.5. The molecule has 0 saturated heterocycles. The van der Waals surface area contributed by atoms with Crippen molar-refractivity contribution >= 4 is 40.5 Å². The van der Waals surface area contributed by atoms with Crippen LogP contribution >= 0.6 is 0 Å². The van der Waals surface area contributed by atoms with Crippen molar-refractivity contribution < 1.29 is 29.1 Å². The number of carbonyl (C=O) groups excluding carboxylic acids is 4. The first-order chi connectivity index (χ1) is 18.8. The lowest BCUT2D eigenvalue weighted by atomic mass is 9.99. The Bertz CT molecular complexity index is 1190. The summed E-state index contributed by atoms with van der Waals surface area (Å²) >= 11 is 0. The normalized spacial score (nSPS) is 14.4. The molecule has 0 fully saturated rings. The highest BCUT2D eigenvalue weighted by atomic mass is 16.4. The van der Waals surface area contributed by atoms with E-state index in [2.05, 4.69) is 20.9 Å². The van der Waals surface area contributed by atoms with Crippen molar-refractivity contribution in [3.8, 4) is 0 Å². The number of para-hydroxylation sites is 1. The van der Waals surface area contributed by atoms with Gasteiger partial charge in [0.1, 0.15) is 18.1 Å². The molecule has 2 rings (SSSR count). The maximum Gasteiger partial charge on any atom is 0.326 e. The minimum Gasteiger partial charge on any atom is -0.480 e. The molecule has 0 spiro atoms. The topological polar surface area (TPSA) is 210 Å². The molecule has 0 aliphatic heterocycles. The Hall–Kier alpha value is -3.93. The Morgan fingerprint density at radius 3 is 2.00 bits per heavy atom. The molecule has 0 radical (unpaired) electrons. The molecule has 0 aliphatic carbocycles. The van der Waals surface area contributed by atoms with Gasteiger partial charge in [0, 0.05) is 29.9 Å². The molecule has 1 aromatic carbocycles. The van der Waals surface area contributed by atoms with E-state index < -0.39 is 53.8 Å². The van der Waals surface area contributed by atoms with Gasteiger partial charge < -0.3 is 37.5 Å². The summed E-state index contributed by atoms with van der Waals surface area (Å²) in [6, 6.07) is 3.15. The van der Waals surface area contributed by atoms with Crippen molar-refractivity contribution in [2.45, 2.75) is 84.0 Å². The van der Waals surface area contributed by atoms with Gasteiger partial charge in [0.05, 0.1) is 6.04 Å². The second-order valence-corrected chi connectivity index (χ2v) is 11.0. The number of nitrogens with two attached hydrogens (primary N) is 2. The number of amides is 4. The van der Waals surface area contributed by atoms with Crippen molar-refractivity contribution in [3.63, 3.8) is 0 Å². The molecular weight excluding hydrogens is 516 g/mol. The molecule has 9 N–H and O–H groups in total. The number of H-pyrrole nitrogens is 1. The van der Waals surface area contributed by atoms with Gasteiger partial charge in [-0.15, -0.1) is 0 Å². The summed E-state index contributed by atoms with van der Waals surface area (Å²) in [7, 11) is 0. The second-order valence-electron chi connectivity index (χ2n) is 11.0. The number of benzene rings is 1. The van der Waals surface area contributed by atoms with Crippen LogP contribution in [0.2, 0.25) is 0 Å². The van der Waals surface area contributed by atoms with Crippen LogP contribution < -0.4 is 27.4 Å². The number of carboxylic acid groups (broad SMARTS) is 1. The van der Waals surface area contributed by atoms with Gasteiger partial charge in [0.25, 0.3) is 0 Å². The minimum absolute atomic E-state index is 0.00113. The largest absolute Gasteiger partial charge is 0.480 e. The number of hydrogen-bond donors (Lipinski definition) is 7. The first-order valence-corrected chi connectivity index (χ1v) is 13.5. The molecule has 1 heterocycles. The summed E-state index contributed by atoms with van der Waals surface area (Å²) in [5.41, 5.74) is 12.6. The van der Waals surface area contributed by atoms with E-state index in [0.29, 0.717) is 0 Å². The third-order valence-electron chi connectivity index (χ3n) is 6.43. The molecule has 12 heteroatoms. The third kappa shape index (κ3) is 9.99. The Labute approximate surface area is 234 Å². The van der Waals surface area contributed by atoms with Crippen LogP contribution in [-0.2, 0) is 30.4 Å². The van der Waals surface area contributed by atoms with E-state index in [-0.39, 0.29) is 43.9 Å². The monoisotopic (exact) mass is 558 g/mol. The van der Waals surface area contributed by atoms with Gasteiger partial charge in [-0.3, -0.25) is 19.2 Å². The van der Waals surface area contributed by atoms with Crippen molar-refractivity contribution in [3.05, 3.63) is 36.0 Å². The summed E-state index contributed by atoms with van der Waals surface area (Å²) in [5.74, 6) is -3.65. The van der Waals surface area contributed by atoms with Crippen LogP contribution in [0.1, 0.15) is 58.9 Å². The number of carbonyl (C=O) groups is 5. The predicted molar refractivity (Wildman–Crippen MR) is 151 cm³/mol. The Kier molecular flexibility index (Phi) is 12.1. The minimum atomic E-state index is -1.17. The van der Waals surface area contributed by atoms with Crippen molar-refractivity contribution in [1.29, 1.82) is 0 Å². The van der Waals surface area contributed by atoms with Crippen molar-refractivity contribution in [2.75, 3.05) is 0 Å². The molecule has 4 atom stereocenters. The van der Waals surface area contributed by atoms with Crippen molar-refractivity contribution in [2.24, 2.45) is 23.3 Å². The average molecular weight is 559 g/mol. The number of nitrogens with one attached hydrogen (secondary N) is 4. The molecule has 0 bridgehead atoms. The summed E-state index contributed by atoms with van der Waals surface area (Å²) in [4.78, 5) is 65.6. The van der Waals surface area contributed by atoms with Gasteiger partial charge in [0.2, 0.25) is 23.6 Å². The first-order valence-electron chi connectivity index (χ1n) is 13.5. The van der Waals surface area contributed by atoms with Gasteiger partial charge in [-0.1, -0.05) is 45.9 Å². The fraction of sp³-hybridized carbons (Fsp3) is 0.536. The fourth-order valence-corrected chi connectivity index (χ4v) is 4.38. The van der Waals surface area contributed by atoms with Crippen LogP contribution in [0.4, 0.5) is 0 Å². The highest BCUT2D eigenvalue weighted by molar-refractivity contribution is 5.95. The summed E-state index contributed by atoms with van der Waals surface area (Å²) in [6.07, 6.45) is 2.23. The molecule has 40 heavy (non-hydrogen) atoms. The number of rotatable bonds is 16. The zero-order valence-electron chi connectivity index (χ0n) is 23.5. The predicted octanol–water partition coefficient (Wildman–Crippen LogP) is 0.934. The van der Waals surface area contributed by atoms with Gasteiger partial charge >= 0.3 is 5.97 Å². The summed E-state index contributed by atoms with van der Waals surface area (Å²) in [6.45, 7) is 7.44. The quantitative estimate of drug-likeness (QED) is 0.158. The molecule has 12 nitrogen and oxygen atoms in total. The molecule has 4 unspecified atom stereocenters. The second kappa shape index (κ2) is 15.0.